The predicted molar refractivity (Wildman–Crippen MR) is 119 cm³/mol. The molecule has 2 aromatic rings. The molecule has 1 amide bonds. The second-order valence-electron chi connectivity index (χ2n) is 9.13. The molecule has 0 bridgehead atoms. The van der Waals surface area contributed by atoms with Gasteiger partial charge in [0.15, 0.2) is 0 Å². The highest BCUT2D eigenvalue weighted by atomic mass is 16.4. The number of hydrogen-bond donors (Lipinski definition) is 1. The van der Waals surface area contributed by atoms with Crippen LogP contribution in [0.25, 0.3) is 10.8 Å². The standard InChI is InChI=1S/C24H32N4O2/c29-24(30)28(20-6-1-2-7-20)14-13-26-11-4-8-21(17-26)27-12-10-19-16-25-15-18-5-3-9-22(27)23(18)19/h3,5,9,15-16,20-21H,1-2,4,6-8,10-14,17H2,(H,29,30). The van der Waals surface area contributed by atoms with Crippen LogP contribution in [0.15, 0.2) is 30.6 Å². The molecule has 160 valence electrons. The fraction of sp³-hybridized carbons (Fsp3) is 0.583. The van der Waals surface area contributed by atoms with Crippen LogP contribution in [0.1, 0.15) is 44.1 Å². The molecule has 1 unspecified atom stereocenters. The molecule has 1 aliphatic carbocycles. The van der Waals surface area contributed by atoms with Crippen molar-refractivity contribution in [2.24, 2.45) is 0 Å². The summed E-state index contributed by atoms with van der Waals surface area (Å²) < 4.78 is 0. The Labute approximate surface area is 178 Å². The van der Waals surface area contributed by atoms with Crippen molar-refractivity contribution in [3.63, 3.8) is 0 Å². The lowest BCUT2D eigenvalue weighted by Gasteiger charge is -2.43. The third-order valence-corrected chi connectivity index (χ3v) is 7.36. The second-order valence-corrected chi connectivity index (χ2v) is 9.13. The van der Waals surface area contributed by atoms with E-state index < -0.39 is 6.09 Å². The fourth-order valence-corrected chi connectivity index (χ4v) is 5.84. The predicted octanol–water partition coefficient (Wildman–Crippen LogP) is 3.98. The molecule has 6 heteroatoms. The van der Waals surface area contributed by atoms with Crippen molar-refractivity contribution in [1.82, 2.24) is 14.8 Å². The molecule has 0 spiro atoms. The number of aromatic nitrogens is 1. The van der Waals surface area contributed by atoms with Crippen LogP contribution in [0.2, 0.25) is 0 Å². The number of amides is 1. The molecule has 30 heavy (non-hydrogen) atoms. The van der Waals surface area contributed by atoms with Crippen LogP contribution in [0, 0.1) is 0 Å². The third kappa shape index (κ3) is 3.73. The van der Waals surface area contributed by atoms with E-state index in [0.29, 0.717) is 12.6 Å². The van der Waals surface area contributed by atoms with Gasteiger partial charge in [-0.2, -0.15) is 0 Å². The summed E-state index contributed by atoms with van der Waals surface area (Å²) in [5, 5.41) is 12.3. The maximum Gasteiger partial charge on any atom is 0.407 e. The van der Waals surface area contributed by atoms with Crippen LogP contribution >= 0.6 is 0 Å². The number of rotatable bonds is 5. The Morgan fingerprint density at radius 3 is 2.83 bits per heavy atom. The smallest absolute Gasteiger partial charge is 0.407 e. The molecule has 0 radical (unpaired) electrons. The zero-order valence-corrected chi connectivity index (χ0v) is 17.7. The topological polar surface area (TPSA) is 59.9 Å². The third-order valence-electron chi connectivity index (χ3n) is 7.36. The molecule has 1 aromatic heterocycles. The fourth-order valence-electron chi connectivity index (χ4n) is 5.84. The molecule has 1 aromatic carbocycles. The summed E-state index contributed by atoms with van der Waals surface area (Å²) in [7, 11) is 0. The van der Waals surface area contributed by atoms with Crippen molar-refractivity contribution < 1.29 is 9.90 Å². The number of benzene rings is 1. The van der Waals surface area contributed by atoms with Gasteiger partial charge in [-0.25, -0.2) is 4.79 Å². The van der Waals surface area contributed by atoms with Crippen molar-refractivity contribution >= 4 is 22.6 Å². The van der Waals surface area contributed by atoms with E-state index in [1.165, 1.54) is 34.9 Å². The SMILES string of the molecule is O=C(O)N(CCN1CCCC(N2CCc3cncc4cccc2c34)C1)C1CCCC1. The lowest BCUT2D eigenvalue weighted by atomic mass is 9.95. The van der Waals surface area contributed by atoms with Gasteiger partial charge in [-0.1, -0.05) is 25.0 Å². The first-order valence-electron chi connectivity index (χ1n) is 11.5. The number of anilines is 1. The Hall–Kier alpha value is -2.34. The molecule has 3 heterocycles. The number of piperidine rings is 1. The number of hydrogen-bond acceptors (Lipinski definition) is 4. The van der Waals surface area contributed by atoms with Crippen molar-refractivity contribution in [2.45, 2.75) is 57.0 Å². The highest BCUT2D eigenvalue weighted by Gasteiger charge is 2.31. The van der Waals surface area contributed by atoms with Gasteiger partial charge >= 0.3 is 6.09 Å². The van der Waals surface area contributed by atoms with Crippen molar-refractivity contribution in [2.75, 3.05) is 37.6 Å². The summed E-state index contributed by atoms with van der Waals surface area (Å²) in [5.41, 5.74) is 2.71. The summed E-state index contributed by atoms with van der Waals surface area (Å²) in [6.07, 6.45) is 11.1. The second kappa shape index (κ2) is 8.42. The van der Waals surface area contributed by atoms with E-state index >= 15 is 0 Å². The van der Waals surface area contributed by atoms with Crippen molar-refractivity contribution in [3.8, 4) is 0 Å². The lowest BCUT2D eigenvalue weighted by molar-refractivity contribution is 0.110. The molecule has 1 atom stereocenters. The van der Waals surface area contributed by atoms with E-state index in [4.69, 9.17) is 0 Å². The summed E-state index contributed by atoms with van der Waals surface area (Å²) in [6.45, 7) is 4.62. The Bertz CT molecular complexity index is 906. The monoisotopic (exact) mass is 408 g/mol. The summed E-state index contributed by atoms with van der Waals surface area (Å²) in [6, 6.07) is 7.29. The number of nitrogens with zero attached hydrogens (tertiary/aromatic N) is 4. The molecule has 6 nitrogen and oxygen atoms in total. The maximum atomic E-state index is 11.8. The van der Waals surface area contributed by atoms with Gasteiger partial charge in [-0.05, 0) is 50.3 Å². The lowest BCUT2D eigenvalue weighted by Crippen LogP contribution is -2.51. The summed E-state index contributed by atoms with van der Waals surface area (Å²) >= 11 is 0. The minimum absolute atomic E-state index is 0.230. The molecular weight excluding hydrogens is 376 g/mol. The van der Waals surface area contributed by atoms with Crippen molar-refractivity contribution in [3.05, 3.63) is 36.2 Å². The molecule has 1 N–H and O–H groups in total. The zero-order chi connectivity index (χ0) is 20.5. The van der Waals surface area contributed by atoms with E-state index in [1.54, 1.807) is 4.90 Å². The molecule has 2 aliphatic heterocycles. The average molecular weight is 409 g/mol. The quantitative estimate of drug-likeness (QED) is 0.811. The first kappa shape index (κ1) is 19.6. The van der Waals surface area contributed by atoms with Gasteiger partial charge < -0.3 is 14.9 Å². The van der Waals surface area contributed by atoms with E-state index in [-0.39, 0.29) is 6.04 Å². The van der Waals surface area contributed by atoms with Crippen LogP contribution in [-0.4, -0.2) is 70.8 Å². The van der Waals surface area contributed by atoms with Gasteiger partial charge in [0.05, 0.1) is 0 Å². The average Bonchev–Trinajstić information content (AvgIpc) is 3.29. The normalized spacial score (nSPS) is 22.5. The Kier molecular flexibility index (Phi) is 5.50. The minimum atomic E-state index is -0.747. The van der Waals surface area contributed by atoms with Gasteiger partial charge in [-0.3, -0.25) is 9.88 Å². The van der Waals surface area contributed by atoms with Crippen LogP contribution in [0.4, 0.5) is 10.5 Å². The molecule has 3 aliphatic rings. The summed E-state index contributed by atoms with van der Waals surface area (Å²) in [4.78, 5) is 23.0. The highest BCUT2D eigenvalue weighted by Crippen LogP contribution is 2.36. The maximum absolute atomic E-state index is 11.8. The Morgan fingerprint density at radius 2 is 2.00 bits per heavy atom. The van der Waals surface area contributed by atoms with E-state index in [1.807, 2.05) is 12.4 Å². The molecule has 1 saturated carbocycles. The Morgan fingerprint density at radius 1 is 1.13 bits per heavy atom. The molecule has 2 fully saturated rings. The number of carboxylic acid groups (broad SMARTS) is 1. The van der Waals surface area contributed by atoms with Gasteiger partial charge in [0.2, 0.25) is 0 Å². The number of likely N-dealkylation sites (tertiary alicyclic amines) is 1. The van der Waals surface area contributed by atoms with Gasteiger partial charge in [0.25, 0.3) is 0 Å². The van der Waals surface area contributed by atoms with E-state index in [2.05, 4.69) is 33.0 Å². The van der Waals surface area contributed by atoms with Gasteiger partial charge in [0, 0.05) is 67.1 Å². The Balaban J connectivity index is 1.28. The number of pyridine rings is 1. The molecule has 5 rings (SSSR count). The highest BCUT2D eigenvalue weighted by molar-refractivity contribution is 5.97. The van der Waals surface area contributed by atoms with Crippen LogP contribution < -0.4 is 4.90 Å². The van der Waals surface area contributed by atoms with Gasteiger partial charge in [-0.15, -0.1) is 0 Å². The largest absolute Gasteiger partial charge is 0.465 e. The van der Waals surface area contributed by atoms with Crippen LogP contribution in [-0.2, 0) is 6.42 Å². The van der Waals surface area contributed by atoms with E-state index in [0.717, 1.165) is 58.3 Å². The zero-order valence-electron chi connectivity index (χ0n) is 17.7. The first-order valence-corrected chi connectivity index (χ1v) is 11.5. The van der Waals surface area contributed by atoms with Crippen LogP contribution in [0.5, 0.6) is 0 Å². The minimum Gasteiger partial charge on any atom is -0.465 e. The van der Waals surface area contributed by atoms with Crippen LogP contribution in [0.3, 0.4) is 0 Å². The molecular formula is C24H32N4O2. The summed E-state index contributed by atoms with van der Waals surface area (Å²) in [5.74, 6) is 0. The van der Waals surface area contributed by atoms with E-state index in [9.17, 15) is 9.90 Å². The molecule has 1 saturated heterocycles. The van der Waals surface area contributed by atoms with Gasteiger partial charge in [0.1, 0.15) is 0 Å². The first-order chi connectivity index (χ1) is 14.7. The van der Waals surface area contributed by atoms with Crippen molar-refractivity contribution in [1.29, 1.82) is 0 Å². The number of carbonyl (C=O) groups is 1.